The van der Waals surface area contributed by atoms with Crippen LogP contribution in [0.3, 0.4) is 0 Å². The molecule has 0 aliphatic rings. The fourth-order valence-electron chi connectivity index (χ4n) is 3.26. The molecular formula is C20H23N3O2S. The van der Waals surface area contributed by atoms with Crippen molar-refractivity contribution in [1.82, 2.24) is 14.5 Å². The fourth-order valence-corrected chi connectivity index (χ4v) is 3.94. The van der Waals surface area contributed by atoms with Crippen LogP contribution in [-0.2, 0) is 7.05 Å². The first-order valence-electron chi connectivity index (χ1n) is 8.88. The van der Waals surface area contributed by atoms with Crippen LogP contribution in [0.25, 0.3) is 10.9 Å². The Hall–Kier alpha value is -2.47. The van der Waals surface area contributed by atoms with Gasteiger partial charge in [-0.25, -0.2) is 4.98 Å². The standard InChI is InChI=1S/C20H23N3O2S/c1-4-12-23(20(25)17-11-8-13-26-17)16(5-2)18-21-15-10-7-6-9-14(15)19(24)22(18)3/h6-11,13,16H,4-5,12H2,1-3H3. The van der Waals surface area contributed by atoms with E-state index in [1.807, 2.05) is 54.5 Å². The maximum Gasteiger partial charge on any atom is 0.264 e. The average molecular weight is 369 g/mol. The number of carbonyl (C=O) groups excluding carboxylic acids is 1. The van der Waals surface area contributed by atoms with Gasteiger partial charge in [-0.3, -0.25) is 14.2 Å². The van der Waals surface area contributed by atoms with Crippen LogP contribution in [0.4, 0.5) is 0 Å². The molecule has 1 amide bonds. The largest absolute Gasteiger partial charge is 0.328 e. The van der Waals surface area contributed by atoms with E-state index < -0.39 is 0 Å². The third kappa shape index (κ3) is 3.29. The summed E-state index contributed by atoms with van der Waals surface area (Å²) in [7, 11) is 1.74. The second-order valence-electron chi connectivity index (χ2n) is 6.25. The lowest BCUT2D eigenvalue weighted by Gasteiger charge is -2.31. The van der Waals surface area contributed by atoms with Gasteiger partial charge in [0.05, 0.1) is 21.8 Å². The van der Waals surface area contributed by atoms with Crippen LogP contribution in [0.15, 0.2) is 46.6 Å². The van der Waals surface area contributed by atoms with Gasteiger partial charge in [-0.2, -0.15) is 0 Å². The number of thiophene rings is 1. The molecule has 0 N–H and O–H groups in total. The highest BCUT2D eigenvalue weighted by Crippen LogP contribution is 2.26. The molecule has 3 aromatic rings. The van der Waals surface area contributed by atoms with E-state index in [-0.39, 0.29) is 17.5 Å². The fraction of sp³-hybridized carbons (Fsp3) is 0.350. The highest BCUT2D eigenvalue weighted by molar-refractivity contribution is 7.12. The molecule has 0 bridgehead atoms. The number of carbonyl (C=O) groups is 1. The molecule has 1 unspecified atom stereocenters. The number of fused-ring (bicyclic) bond motifs is 1. The highest BCUT2D eigenvalue weighted by atomic mass is 32.1. The Morgan fingerprint density at radius 2 is 2.00 bits per heavy atom. The molecule has 0 radical (unpaired) electrons. The van der Waals surface area contributed by atoms with E-state index in [2.05, 4.69) is 0 Å². The molecule has 6 heteroatoms. The van der Waals surface area contributed by atoms with E-state index in [9.17, 15) is 9.59 Å². The lowest BCUT2D eigenvalue weighted by atomic mass is 10.1. The number of hydrogen-bond donors (Lipinski definition) is 0. The van der Waals surface area contributed by atoms with E-state index >= 15 is 0 Å². The lowest BCUT2D eigenvalue weighted by Crippen LogP contribution is -2.38. The first-order chi connectivity index (χ1) is 12.6. The van der Waals surface area contributed by atoms with Gasteiger partial charge in [0.15, 0.2) is 0 Å². The molecule has 0 aliphatic heterocycles. The maximum atomic E-state index is 13.1. The van der Waals surface area contributed by atoms with Gasteiger partial charge in [0, 0.05) is 13.6 Å². The minimum atomic E-state index is -0.244. The van der Waals surface area contributed by atoms with E-state index in [0.29, 0.717) is 34.6 Å². The van der Waals surface area contributed by atoms with Crippen LogP contribution >= 0.6 is 11.3 Å². The quantitative estimate of drug-likeness (QED) is 0.660. The molecule has 1 aromatic carbocycles. The second-order valence-corrected chi connectivity index (χ2v) is 7.20. The van der Waals surface area contributed by atoms with Gasteiger partial charge in [0.25, 0.3) is 11.5 Å². The van der Waals surface area contributed by atoms with Crippen molar-refractivity contribution in [3.05, 3.63) is 62.8 Å². The van der Waals surface area contributed by atoms with E-state index in [1.54, 1.807) is 17.7 Å². The van der Waals surface area contributed by atoms with Crippen LogP contribution in [0.1, 0.15) is 48.2 Å². The normalized spacial score (nSPS) is 12.3. The number of rotatable bonds is 6. The number of nitrogens with zero attached hydrogens (tertiary/aromatic N) is 3. The van der Waals surface area contributed by atoms with Crippen LogP contribution in [0.5, 0.6) is 0 Å². The molecule has 0 saturated heterocycles. The number of amides is 1. The third-order valence-electron chi connectivity index (χ3n) is 4.54. The molecule has 5 nitrogen and oxygen atoms in total. The summed E-state index contributed by atoms with van der Waals surface area (Å²) in [6.07, 6.45) is 1.53. The van der Waals surface area contributed by atoms with Crippen molar-refractivity contribution in [2.45, 2.75) is 32.7 Å². The Morgan fingerprint density at radius 1 is 1.23 bits per heavy atom. The molecule has 2 aromatic heterocycles. The summed E-state index contributed by atoms with van der Waals surface area (Å²) in [4.78, 5) is 33.1. The van der Waals surface area contributed by atoms with Crippen molar-refractivity contribution < 1.29 is 4.79 Å². The molecular weight excluding hydrogens is 346 g/mol. The summed E-state index contributed by atoms with van der Waals surface area (Å²) < 4.78 is 1.58. The van der Waals surface area contributed by atoms with Gasteiger partial charge < -0.3 is 4.90 Å². The van der Waals surface area contributed by atoms with Gasteiger partial charge in [0.1, 0.15) is 5.82 Å². The van der Waals surface area contributed by atoms with E-state index in [4.69, 9.17) is 4.98 Å². The number of benzene rings is 1. The van der Waals surface area contributed by atoms with Crippen molar-refractivity contribution in [1.29, 1.82) is 0 Å². The predicted octanol–water partition coefficient (Wildman–Crippen LogP) is 4.00. The molecule has 0 spiro atoms. The first kappa shape index (κ1) is 18.3. The number of hydrogen-bond acceptors (Lipinski definition) is 4. The topological polar surface area (TPSA) is 55.2 Å². The molecule has 136 valence electrons. The van der Waals surface area contributed by atoms with E-state index in [1.165, 1.54) is 11.3 Å². The molecule has 0 fully saturated rings. The summed E-state index contributed by atoms with van der Waals surface area (Å²) in [5.41, 5.74) is 0.591. The Balaban J connectivity index is 2.11. The molecule has 0 saturated carbocycles. The molecule has 1 atom stereocenters. The van der Waals surface area contributed by atoms with Gasteiger partial charge >= 0.3 is 0 Å². The highest BCUT2D eigenvalue weighted by Gasteiger charge is 2.28. The van der Waals surface area contributed by atoms with Gasteiger partial charge in [-0.05, 0) is 36.4 Å². The summed E-state index contributed by atoms with van der Waals surface area (Å²) in [6, 6.07) is 10.8. The van der Waals surface area contributed by atoms with Crippen LogP contribution < -0.4 is 5.56 Å². The van der Waals surface area contributed by atoms with Crippen molar-refractivity contribution in [3.8, 4) is 0 Å². The zero-order valence-corrected chi connectivity index (χ0v) is 16.1. The molecule has 0 aliphatic carbocycles. The van der Waals surface area contributed by atoms with Crippen molar-refractivity contribution >= 4 is 28.1 Å². The predicted molar refractivity (Wildman–Crippen MR) is 106 cm³/mol. The zero-order chi connectivity index (χ0) is 18.7. The first-order valence-corrected chi connectivity index (χ1v) is 9.76. The smallest absolute Gasteiger partial charge is 0.264 e. The second kappa shape index (κ2) is 7.83. The third-order valence-corrected chi connectivity index (χ3v) is 5.39. The Kier molecular flexibility index (Phi) is 5.52. The summed E-state index contributed by atoms with van der Waals surface area (Å²) in [5, 5.41) is 2.50. The van der Waals surface area contributed by atoms with Crippen molar-refractivity contribution in [2.24, 2.45) is 7.05 Å². The number of aromatic nitrogens is 2. The minimum Gasteiger partial charge on any atom is -0.328 e. The molecule has 3 rings (SSSR count). The van der Waals surface area contributed by atoms with Gasteiger partial charge in [-0.1, -0.05) is 32.0 Å². The summed E-state index contributed by atoms with van der Waals surface area (Å²) in [5.74, 6) is 0.630. The monoisotopic (exact) mass is 369 g/mol. The minimum absolute atomic E-state index is 0.00360. The summed E-state index contributed by atoms with van der Waals surface area (Å²) >= 11 is 1.44. The van der Waals surface area contributed by atoms with Crippen LogP contribution in [0.2, 0.25) is 0 Å². The molecule has 26 heavy (non-hydrogen) atoms. The maximum absolute atomic E-state index is 13.1. The van der Waals surface area contributed by atoms with Gasteiger partial charge in [-0.15, -0.1) is 11.3 Å². The Labute approximate surface area is 156 Å². The van der Waals surface area contributed by atoms with Crippen LogP contribution in [0, 0.1) is 0 Å². The van der Waals surface area contributed by atoms with Crippen LogP contribution in [-0.4, -0.2) is 26.9 Å². The average Bonchev–Trinajstić information content (AvgIpc) is 3.19. The molecule has 2 heterocycles. The lowest BCUT2D eigenvalue weighted by molar-refractivity contribution is 0.0663. The Morgan fingerprint density at radius 3 is 2.65 bits per heavy atom. The van der Waals surface area contributed by atoms with Crippen molar-refractivity contribution in [2.75, 3.05) is 6.54 Å². The van der Waals surface area contributed by atoms with Gasteiger partial charge in [0.2, 0.25) is 0 Å². The van der Waals surface area contributed by atoms with Crippen molar-refractivity contribution in [3.63, 3.8) is 0 Å². The zero-order valence-electron chi connectivity index (χ0n) is 15.3. The summed E-state index contributed by atoms with van der Waals surface area (Å²) in [6.45, 7) is 4.70. The van der Waals surface area contributed by atoms with E-state index in [0.717, 1.165) is 6.42 Å². The number of para-hydroxylation sites is 1. The SMILES string of the molecule is CCCN(C(=O)c1cccs1)C(CC)c1nc2ccccc2c(=O)n1C. The Bertz CT molecular complexity index is 963.